The number of carbonyl (C=O) groups is 2. The summed E-state index contributed by atoms with van der Waals surface area (Å²) in [6.07, 6.45) is 4.20. The number of methoxy groups -OCH3 is 1. The van der Waals surface area contributed by atoms with Crippen molar-refractivity contribution in [2.75, 3.05) is 25.5 Å². The van der Waals surface area contributed by atoms with E-state index in [2.05, 4.69) is 12.2 Å². The monoisotopic (exact) mass is 462 g/mol. The molecule has 0 unspecified atom stereocenters. The van der Waals surface area contributed by atoms with Gasteiger partial charge in [0.25, 0.3) is 0 Å². The second-order valence-corrected chi connectivity index (χ2v) is 8.21. The molecule has 1 N–H and O–H groups in total. The van der Waals surface area contributed by atoms with Gasteiger partial charge in [-0.25, -0.2) is 4.68 Å². The molecule has 34 heavy (non-hydrogen) atoms. The van der Waals surface area contributed by atoms with Crippen LogP contribution in [-0.2, 0) is 9.59 Å². The molecule has 0 saturated heterocycles. The molecular weight excluding hydrogens is 428 g/mol. The van der Waals surface area contributed by atoms with Crippen LogP contribution >= 0.6 is 0 Å². The summed E-state index contributed by atoms with van der Waals surface area (Å²) in [4.78, 5) is 27.3. The van der Waals surface area contributed by atoms with Crippen LogP contribution in [0.1, 0.15) is 46.0 Å². The van der Waals surface area contributed by atoms with Gasteiger partial charge in [-0.2, -0.15) is 5.10 Å². The molecule has 2 amide bonds. The lowest BCUT2D eigenvalue weighted by Crippen LogP contribution is -2.38. The molecule has 0 aliphatic heterocycles. The van der Waals surface area contributed by atoms with E-state index in [1.54, 1.807) is 16.7 Å². The minimum atomic E-state index is -0.244. The first-order chi connectivity index (χ1) is 16.5. The van der Waals surface area contributed by atoms with Gasteiger partial charge in [0.05, 0.1) is 25.0 Å². The van der Waals surface area contributed by atoms with E-state index in [0.29, 0.717) is 18.8 Å². The molecule has 0 bridgehead atoms. The highest BCUT2D eigenvalue weighted by Crippen LogP contribution is 2.25. The molecule has 2 aromatic carbocycles. The first-order valence-corrected chi connectivity index (χ1v) is 11.9. The average Bonchev–Trinajstić information content (AvgIpc) is 3.28. The van der Waals surface area contributed by atoms with Gasteiger partial charge in [0, 0.05) is 24.6 Å². The number of unbranched alkanes of at least 4 members (excludes halogenated alkanes) is 2. The van der Waals surface area contributed by atoms with Gasteiger partial charge < -0.3 is 15.0 Å². The van der Waals surface area contributed by atoms with Gasteiger partial charge in [0.1, 0.15) is 11.6 Å². The number of amides is 2. The first kappa shape index (κ1) is 25.0. The van der Waals surface area contributed by atoms with Crippen molar-refractivity contribution in [3.05, 3.63) is 60.7 Å². The Kier molecular flexibility index (Phi) is 9.26. The maximum atomic E-state index is 13.0. The average molecular weight is 463 g/mol. The van der Waals surface area contributed by atoms with Gasteiger partial charge >= 0.3 is 0 Å². The molecule has 3 rings (SSSR count). The van der Waals surface area contributed by atoms with Crippen molar-refractivity contribution in [1.29, 1.82) is 0 Å². The van der Waals surface area contributed by atoms with E-state index < -0.39 is 0 Å². The maximum Gasteiger partial charge on any atom is 0.245 e. The number of aromatic nitrogens is 2. The van der Waals surface area contributed by atoms with Crippen LogP contribution in [-0.4, -0.2) is 46.7 Å². The zero-order valence-corrected chi connectivity index (χ0v) is 20.3. The molecule has 0 aliphatic carbocycles. The van der Waals surface area contributed by atoms with Crippen molar-refractivity contribution in [3.63, 3.8) is 0 Å². The van der Waals surface area contributed by atoms with E-state index >= 15 is 0 Å². The Balaban J connectivity index is 1.82. The molecular formula is C27H34N4O3. The lowest BCUT2D eigenvalue weighted by atomic mass is 10.1. The van der Waals surface area contributed by atoms with Gasteiger partial charge in [-0.1, -0.05) is 57.0 Å². The molecule has 3 aromatic rings. The van der Waals surface area contributed by atoms with E-state index in [4.69, 9.17) is 9.84 Å². The second-order valence-electron chi connectivity index (χ2n) is 8.21. The quantitative estimate of drug-likeness (QED) is 0.370. The summed E-state index contributed by atoms with van der Waals surface area (Å²) in [7, 11) is 1.62. The fourth-order valence-corrected chi connectivity index (χ4v) is 3.74. The number of rotatable bonds is 12. The van der Waals surface area contributed by atoms with Crippen molar-refractivity contribution < 1.29 is 14.3 Å². The van der Waals surface area contributed by atoms with Gasteiger partial charge in [-0.15, -0.1) is 0 Å². The van der Waals surface area contributed by atoms with Crippen molar-refractivity contribution in [2.24, 2.45) is 0 Å². The lowest BCUT2D eigenvalue weighted by Gasteiger charge is -2.21. The van der Waals surface area contributed by atoms with Crippen LogP contribution in [0.3, 0.4) is 0 Å². The highest BCUT2D eigenvalue weighted by Gasteiger charge is 2.19. The third-order valence-corrected chi connectivity index (χ3v) is 5.54. The number of hydrogen-bond donors (Lipinski definition) is 1. The highest BCUT2D eigenvalue weighted by atomic mass is 16.5. The Morgan fingerprint density at radius 3 is 2.38 bits per heavy atom. The molecule has 7 nitrogen and oxygen atoms in total. The molecule has 1 heterocycles. The molecule has 0 saturated carbocycles. The molecule has 0 atom stereocenters. The van der Waals surface area contributed by atoms with E-state index in [-0.39, 0.29) is 18.4 Å². The van der Waals surface area contributed by atoms with Crippen LogP contribution in [0.25, 0.3) is 16.9 Å². The van der Waals surface area contributed by atoms with Crippen molar-refractivity contribution in [3.8, 4) is 22.7 Å². The normalized spacial score (nSPS) is 10.7. The summed E-state index contributed by atoms with van der Waals surface area (Å²) in [6, 6.07) is 19.1. The third kappa shape index (κ3) is 6.70. The molecule has 7 heteroatoms. The second kappa shape index (κ2) is 12.6. The Bertz CT molecular complexity index is 1060. The largest absolute Gasteiger partial charge is 0.497 e. The molecule has 1 aromatic heterocycles. The summed E-state index contributed by atoms with van der Waals surface area (Å²) < 4.78 is 6.96. The van der Waals surface area contributed by atoms with Crippen LogP contribution < -0.4 is 10.1 Å². The van der Waals surface area contributed by atoms with Gasteiger partial charge in [0.2, 0.25) is 11.8 Å². The van der Waals surface area contributed by atoms with Crippen LogP contribution in [0.15, 0.2) is 60.7 Å². The van der Waals surface area contributed by atoms with Gasteiger partial charge in [-0.3, -0.25) is 9.59 Å². The maximum absolute atomic E-state index is 13.0. The standard InChI is InChI=1S/C27H34N4O3/c1-4-6-8-13-27(33)30(18-5-2)20-26(32)28-25-19-24(21-11-9-7-10-12-21)29-31(25)22-14-16-23(34-3)17-15-22/h7,9-12,14-17,19H,4-6,8,13,18,20H2,1-3H3,(H,28,32). The van der Waals surface area contributed by atoms with E-state index in [9.17, 15) is 9.59 Å². The molecule has 0 spiro atoms. The number of hydrogen-bond acceptors (Lipinski definition) is 4. The zero-order valence-electron chi connectivity index (χ0n) is 20.3. The SMILES string of the molecule is CCCCCC(=O)N(CCC)CC(=O)Nc1cc(-c2ccccc2)nn1-c1ccc(OC)cc1. The Labute approximate surface area is 201 Å². The number of ether oxygens (including phenoxy) is 1. The van der Waals surface area contributed by atoms with E-state index in [0.717, 1.165) is 48.4 Å². The summed E-state index contributed by atoms with van der Waals surface area (Å²) >= 11 is 0. The first-order valence-electron chi connectivity index (χ1n) is 11.9. The summed E-state index contributed by atoms with van der Waals surface area (Å²) in [5, 5.41) is 7.72. The predicted octanol–water partition coefficient (Wildman–Crippen LogP) is 5.31. The van der Waals surface area contributed by atoms with Crippen molar-refractivity contribution in [2.45, 2.75) is 46.0 Å². The minimum absolute atomic E-state index is 0.0211. The lowest BCUT2D eigenvalue weighted by molar-refractivity contribution is -0.134. The van der Waals surface area contributed by atoms with Crippen LogP contribution in [0.5, 0.6) is 5.75 Å². The van der Waals surface area contributed by atoms with Crippen molar-refractivity contribution in [1.82, 2.24) is 14.7 Å². The number of carbonyl (C=O) groups excluding carboxylic acids is 2. The smallest absolute Gasteiger partial charge is 0.245 e. The molecule has 180 valence electrons. The Morgan fingerprint density at radius 2 is 1.74 bits per heavy atom. The number of nitrogens with zero attached hydrogens (tertiary/aromatic N) is 3. The summed E-state index contributed by atoms with van der Waals surface area (Å²) in [5.41, 5.74) is 2.48. The number of benzene rings is 2. The summed E-state index contributed by atoms with van der Waals surface area (Å²) in [5.74, 6) is 1.07. The van der Waals surface area contributed by atoms with Crippen LogP contribution in [0.4, 0.5) is 5.82 Å². The van der Waals surface area contributed by atoms with Gasteiger partial charge in [-0.05, 0) is 37.1 Å². The van der Waals surface area contributed by atoms with Gasteiger partial charge in [0.15, 0.2) is 0 Å². The minimum Gasteiger partial charge on any atom is -0.497 e. The fraction of sp³-hybridized carbons (Fsp3) is 0.370. The van der Waals surface area contributed by atoms with Crippen LogP contribution in [0.2, 0.25) is 0 Å². The predicted molar refractivity (Wildman–Crippen MR) is 135 cm³/mol. The number of anilines is 1. The highest BCUT2D eigenvalue weighted by molar-refractivity contribution is 5.94. The topological polar surface area (TPSA) is 76.5 Å². The van der Waals surface area contributed by atoms with Crippen molar-refractivity contribution >= 4 is 17.6 Å². The van der Waals surface area contributed by atoms with E-state index in [1.807, 2.05) is 67.6 Å². The molecule has 0 fully saturated rings. The van der Waals surface area contributed by atoms with E-state index in [1.165, 1.54) is 0 Å². The molecule has 0 radical (unpaired) electrons. The van der Waals surface area contributed by atoms with Crippen LogP contribution in [0, 0.1) is 0 Å². The Morgan fingerprint density at radius 1 is 1.00 bits per heavy atom. The molecule has 0 aliphatic rings. The summed E-state index contributed by atoms with van der Waals surface area (Å²) in [6.45, 7) is 4.70. The third-order valence-electron chi connectivity index (χ3n) is 5.54. The fourth-order valence-electron chi connectivity index (χ4n) is 3.74. The Hall–Kier alpha value is -3.61. The zero-order chi connectivity index (χ0) is 24.3. The number of nitrogens with one attached hydrogen (secondary N) is 1.